The van der Waals surface area contributed by atoms with Gasteiger partial charge in [-0.05, 0) is 77.9 Å². The van der Waals surface area contributed by atoms with Crippen molar-refractivity contribution in [2.24, 2.45) is 5.41 Å². The highest BCUT2D eigenvalue weighted by Gasteiger charge is 2.38. The number of alkyl halides is 3. The number of nitrogens with zero attached hydrogens (tertiary/aromatic N) is 1. The van der Waals surface area contributed by atoms with E-state index in [1.807, 2.05) is 0 Å². The summed E-state index contributed by atoms with van der Waals surface area (Å²) in [5.74, 6) is -0.197. The maximum absolute atomic E-state index is 12.3. The first kappa shape index (κ1) is 19.8. The Labute approximate surface area is 154 Å². The molecule has 24 heavy (non-hydrogen) atoms. The molecule has 2 aliphatic heterocycles. The zero-order valence-electron chi connectivity index (χ0n) is 13.2. The summed E-state index contributed by atoms with van der Waals surface area (Å²) in [6.07, 6.45) is -1.03. The van der Waals surface area contributed by atoms with Gasteiger partial charge in [0.25, 0.3) is 0 Å². The van der Waals surface area contributed by atoms with Crippen LogP contribution in [0.5, 0.6) is 5.75 Å². The van der Waals surface area contributed by atoms with Crippen molar-refractivity contribution in [1.29, 1.82) is 0 Å². The number of hydrogen-bond acceptors (Lipinski definition) is 3. The molecule has 0 atom stereocenters. The molecule has 0 unspecified atom stereocenters. The van der Waals surface area contributed by atoms with E-state index in [0.29, 0.717) is 9.89 Å². The molecule has 0 aliphatic carbocycles. The van der Waals surface area contributed by atoms with Crippen molar-refractivity contribution in [3.8, 4) is 5.75 Å². The van der Waals surface area contributed by atoms with Gasteiger partial charge in [0.2, 0.25) is 0 Å². The smallest absolute Gasteiger partial charge is 0.405 e. The second-order valence-corrected chi connectivity index (χ2v) is 7.38. The molecule has 2 saturated heterocycles. The van der Waals surface area contributed by atoms with Crippen molar-refractivity contribution in [3.63, 3.8) is 0 Å². The highest BCUT2D eigenvalue weighted by atomic mass is 79.9. The van der Waals surface area contributed by atoms with Gasteiger partial charge < -0.3 is 10.1 Å². The van der Waals surface area contributed by atoms with Crippen LogP contribution in [-0.4, -0.2) is 37.4 Å². The Morgan fingerprint density at radius 3 is 2.54 bits per heavy atom. The standard InChI is InChI=1S/C16H20BrF3N2O.ClH/c17-13-9-12(1-2-14(13)23-16(18,19)20)10-22-8-5-15(11-22)3-6-21-7-4-15;/h1-2,9,21H,3-8,10-11H2;1H. The van der Waals surface area contributed by atoms with Gasteiger partial charge in [0.1, 0.15) is 5.75 Å². The van der Waals surface area contributed by atoms with E-state index in [1.165, 1.54) is 25.3 Å². The van der Waals surface area contributed by atoms with Crippen molar-refractivity contribution in [1.82, 2.24) is 10.2 Å². The lowest BCUT2D eigenvalue weighted by Crippen LogP contribution is -2.38. The van der Waals surface area contributed by atoms with Crippen LogP contribution in [0.2, 0.25) is 0 Å². The number of rotatable bonds is 3. The second-order valence-electron chi connectivity index (χ2n) is 6.52. The molecule has 1 N–H and O–H groups in total. The van der Waals surface area contributed by atoms with E-state index >= 15 is 0 Å². The number of likely N-dealkylation sites (tertiary alicyclic amines) is 1. The summed E-state index contributed by atoms with van der Waals surface area (Å²) in [5.41, 5.74) is 1.43. The first-order chi connectivity index (χ1) is 10.9. The highest BCUT2D eigenvalue weighted by molar-refractivity contribution is 9.10. The minimum absolute atomic E-state index is 0. The lowest BCUT2D eigenvalue weighted by Gasteiger charge is -2.34. The first-order valence-electron chi connectivity index (χ1n) is 7.83. The van der Waals surface area contributed by atoms with Crippen molar-refractivity contribution in [3.05, 3.63) is 28.2 Å². The molecule has 2 fully saturated rings. The van der Waals surface area contributed by atoms with Gasteiger partial charge in [-0.15, -0.1) is 25.6 Å². The summed E-state index contributed by atoms with van der Waals surface area (Å²) in [5, 5.41) is 3.40. The number of ether oxygens (including phenoxy) is 1. The van der Waals surface area contributed by atoms with Crippen LogP contribution in [0, 0.1) is 5.41 Å². The molecular formula is C16H21BrClF3N2O. The fraction of sp³-hybridized carbons (Fsp3) is 0.625. The van der Waals surface area contributed by atoms with E-state index in [1.54, 1.807) is 12.1 Å². The third-order valence-electron chi connectivity index (χ3n) is 4.81. The molecule has 0 saturated carbocycles. The number of benzene rings is 1. The monoisotopic (exact) mass is 428 g/mol. The van der Waals surface area contributed by atoms with Crippen molar-refractivity contribution in [2.45, 2.75) is 32.2 Å². The summed E-state index contributed by atoms with van der Waals surface area (Å²) < 4.78 is 41.2. The summed E-state index contributed by atoms with van der Waals surface area (Å²) >= 11 is 3.17. The molecular weight excluding hydrogens is 409 g/mol. The Bertz CT molecular complexity index is 565. The minimum atomic E-state index is -4.67. The molecule has 136 valence electrons. The summed E-state index contributed by atoms with van der Waals surface area (Å²) in [6.45, 7) is 5.07. The Morgan fingerprint density at radius 2 is 1.92 bits per heavy atom. The Balaban J connectivity index is 0.00000208. The fourth-order valence-corrected chi connectivity index (χ4v) is 4.14. The van der Waals surface area contributed by atoms with Gasteiger partial charge in [-0.2, -0.15) is 0 Å². The van der Waals surface area contributed by atoms with Crippen molar-refractivity contribution >= 4 is 28.3 Å². The van der Waals surface area contributed by atoms with Crippen LogP contribution in [0.1, 0.15) is 24.8 Å². The van der Waals surface area contributed by atoms with Crippen LogP contribution in [0.3, 0.4) is 0 Å². The molecule has 0 radical (unpaired) electrons. The highest BCUT2D eigenvalue weighted by Crippen LogP contribution is 2.39. The SMILES string of the molecule is Cl.FC(F)(F)Oc1ccc(CN2CCC3(CCNCC3)C2)cc1Br. The van der Waals surface area contributed by atoms with E-state index < -0.39 is 6.36 Å². The number of halogens is 5. The molecule has 8 heteroatoms. The normalized spacial score (nSPS) is 20.8. The Hall–Kier alpha value is -0.500. The molecule has 0 bridgehead atoms. The Kier molecular flexibility index (Phi) is 6.45. The zero-order valence-corrected chi connectivity index (χ0v) is 15.6. The maximum atomic E-state index is 12.3. The van der Waals surface area contributed by atoms with E-state index in [-0.39, 0.29) is 18.2 Å². The average Bonchev–Trinajstić information content (AvgIpc) is 2.84. The molecule has 1 aromatic carbocycles. The van der Waals surface area contributed by atoms with Crippen LogP contribution < -0.4 is 10.1 Å². The molecule has 1 aromatic rings. The van der Waals surface area contributed by atoms with Gasteiger partial charge in [0.15, 0.2) is 0 Å². The first-order valence-corrected chi connectivity index (χ1v) is 8.62. The van der Waals surface area contributed by atoms with Crippen LogP contribution in [0.25, 0.3) is 0 Å². The largest absolute Gasteiger partial charge is 0.573 e. The van der Waals surface area contributed by atoms with E-state index in [2.05, 4.69) is 30.9 Å². The quantitative estimate of drug-likeness (QED) is 0.773. The molecule has 3 rings (SSSR count). The van der Waals surface area contributed by atoms with Gasteiger partial charge in [-0.25, -0.2) is 0 Å². The van der Waals surface area contributed by atoms with Gasteiger partial charge >= 0.3 is 6.36 Å². The van der Waals surface area contributed by atoms with E-state index in [4.69, 9.17) is 0 Å². The summed E-state index contributed by atoms with van der Waals surface area (Å²) in [7, 11) is 0. The van der Waals surface area contributed by atoms with E-state index in [9.17, 15) is 13.2 Å². The number of hydrogen-bond donors (Lipinski definition) is 1. The molecule has 1 spiro atoms. The average molecular weight is 430 g/mol. The third-order valence-corrected chi connectivity index (χ3v) is 5.43. The predicted molar refractivity (Wildman–Crippen MR) is 92.5 cm³/mol. The zero-order chi connectivity index (χ0) is 16.5. The molecule has 2 aliphatic rings. The number of nitrogens with one attached hydrogen (secondary N) is 1. The van der Waals surface area contributed by atoms with E-state index in [0.717, 1.165) is 38.3 Å². The van der Waals surface area contributed by atoms with Crippen LogP contribution in [0.15, 0.2) is 22.7 Å². The molecule has 0 amide bonds. The maximum Gasteiger partial charge on any atom is 0.573 e. The van der Waals surface area contributed by atoms with Gasteiger partial charge in [-0.3, -0.25) is 4.90 Å². The van der Waals surface area contributed by atoms with Gasteiger partial charge in [-0.1, -0.05) is 6.07 Å². The third kappa shape index (κ3) is 5.00. The minimum Gasteiger partial charge on any atom is -0.405 e. The summed E-state index contributed by atoms with van der Waals surface area (Å²) in [6, 6.07) is 4.80. The second kappa shape index (κ2) is 7.81. The summed E-state index contributed by atoms with van der Waals surface area (Å²) in [4.78, 5) is 2.40. The van der Waals surface area contributed by atoms with Gasteiger partial charge in [0, 0.05) is 13.1 Å². The lowest BCUT2D eigenvalue weighted by atomic mass is 9.78. The van der Waals surface area contributed by atoms with Crippen LogP contribution >= 0.6 is 28.3 Å². The fourth-order valence-electron chi connectivity index (χ4n) is 3.64. The number of piperidine rings is 1. The topological polar surface area (TPSA) is 24.5 Å². The Morgan fingerprint density at radius 1 is 1.21 bits per heavy atom. The molecule has 0 aromatic heterocycles. The van der Waals surface area contributed by atoms with Crippen molar-refractivity contribution in [2.75, 3.05) is 26.2 Å². The van der Waals surface area contributed by atoms with Gasteiger partial charge in [0.05, 0.1) is 4.47 Å². The predicted octanol–water partition coefficient (Wildman–Crippen LogP) is 4.35. The molecule has 2 heterocycles. The van der Waals surface area contributed by atoms with Crippen LogP contribution in [-0.2, 0) is 6.54 Å². The molecule has 3 nitrogen and oxygen atoms in total. The lowest BCUT2D eigenvalue weighted by molar-refractivity contribution is -0.274. The van der Waals surface area contributed by atoms with Crippen molar-refractivity contribution < 1.29 is 17.9 Å². The van der Waals surface area contributed by atoms with Crippen LogP contribution in [0.4, 0.5) is 13.2 Å².